The zero-order valence-electron chi connectivity index (χ0n) is 13.9. The SMILES string of the molecule is CN1C(=O)C(c2ccc(OCCCCBr)cc2)Sc2cc(Cl)ccc21. The molecule has 1 atom stereocenters. The van der Waals surface area contributed by atoms with Gasteiger partial charge in [-0.3, -0.25) is 4.79 Å². The number of amides is 1. The Balaban J connectivity index is 1.74. The smallest absolute Gasteiger partial charge is 0.244 e. The van der Waals surface area contributed by atoms with Gasteiger partial charge in [0.25, 0.3) is 0 Å². The second-order valence-corrected chi connectivity index (χ2v) is 8.20. The van der Waals surface area contributed by atoms with Crippen molar-refractivity contribution in [3.8, 4) is 5.75 Å². The summed E-state index contributed by atoms with van der Waals surface area (Å²) in [4.78, 5) is 15.5. The minimum Gasteiger partial charge on any atom is -0.494 e. The van der Waals surface area contributed by atoms with Gasteiger partial charge in [0, 0.05) is 22.3 Å². The fraction of sp³-hybridized carbons (Fsp3) is 0.316. The molecule has 6 heteroatoms. The molecule has 0 bridgehead atoms. The van der Waals surface area contributed by atoms with E-state index in [0.29, 0.717) is 11.6 Å². The van der Waals surface area contributed by atoms with E-state index in [1.165, 1.54) is 0 Å². The first kappa shape index (κ1) is 18.6. The molecule has 0 radical (unpaired) electrons. The van der Waals surface area contributed by atoms with Crippen LogP contribution in [0.1, 0.15) is 23.7 Å². The van der Waals surface area contributed by atoms with Crippen molar-refractivity contribution < 1.29 is 9.53 Å². The van der Waals surface area contributed by atoms with Crippen LogP contribution in [-0.2, 0) is 4.79 Å². The van der Waals surface area contributed by atoms with Crippen molar-refractivity contribution in [2.45, 2.75) is 23.0 Å². The van der Waals surface area contributed by atoms with Gasteiger partial charge in [-0.05, 0) is 48.7 Å². The second kappa shape index (κ2) is 8.47. The van der Waals surface area contributed by atoms with Gasteiger partial charge in [0.15, 0.2) is 0 Å². The number of likely N-dealkylation sites (N-methyl/N-ethyl adjacent to an activating group) is 1. The molecule has 3 rings (SSSR count). The Hall–Kier alpha value is -1.17. The summed E-state index contributed by atoms with van der Waals surface area (Å²) in [5.41, 5.74) is 1.88. The number of halogens is 2. The molecule has 2 aromatic rings. The molecule has 3 nitrogen and oxygen atoms in total. The van der Waals surface area contributed by atoms with E-state index in [1.54, 1.807) is 16.7 Å². The number of carbonyl (C=O) groups is 1. The lowest BCUT2D eigenvalue weighted by molar-refractivity contribution is -0.118. The minimum absolute atomic E-state index is 0.0748. The number of hydrogen-bond acceptors (Lipinski definition) is 3. The third-order valence-corrected chi connectivity index (χ3v) is 6.15. The highest BCUT2D eigenvalue weighted by molar-refractivity contribution is 9.09. The summed E-state index contributed by atoms with van der Waals surface area (Å²) in [6.07, 6.45) is 2.12. The summed E-state index contributed by atoms with van der Waals surface area (Å²) in [5.74, 6) is 0.911. The monoisotopic (exact) mass is 439 g/mol. The van der Waals surface area contributed by atoms with Crippen LogP contribution >= 0.6 is 39.3 Å². The molecule has 0 saturated heterocycles. The molecule has 0 N–H and O–H groups in total. The van der Waals surface area contributed by atoms with Crippen molar-refractivity contribution in [3.63, 3.8) is 0 Å². The van der Waals surface area contributed by atoms with Crippen LogP contribution in [-0.4, -0.2) is 24.9 Å². The van der Waals surface area contributed by atoms with Gasteiger partial charge in [-0.1, -0.05) is 39.7 Å². The number of hydrogen-bond donors (Lipinski definition) is 0. The average Bonchev–Trinajstić information content (AvgIpc) is 2.62. The van der Waals surface area contributed by atoms with E-state index in [0.717, 1.165) is 40.1 Å². The molecule has 0 fully saturated rings. The minimum atomic E-state index is -0.265. The van der Waals surface area contributed by atoms with Crippen molar-refractivity contribution in [3.05, 3.63) is 53.1 Å². The van der Waals surface area contributed by atoms with Crippen molar-refractivity contribution in [1.29, 1.82) is 0 Å². The molecule has 25 heavy (non-hydrogen) atoms. The van der Waals surface area contributed by atoms with Crippen molar-refractivity contribution in [1.82, 2.24) is 0 Å². The zero-order valence-corrected chi connectivity index (χ0v) is 17.0. The molecule has 0 spiro atoms. The molecule has 1 amide bonds. The van der Waals surface area contributed by atoms with Gasteiger partial charge >= 0.3 is 0 Å². The van der Waals surface area contributed by atoms with Crippen LogP contribution in [0.2, 0.25) is 5.02 Å². The Kier molecular flexibility index (Phi) is 6.31. The van der Waals surface area contributed by atoms with Gasteiger partial charge in [0.1, 0.15) is 11.0 Å². The van der Waals surface area contributed by atoms with Crippen molar-refractivity contribution in [2.24, 2.45) is 0 Å². The van der Waals surface area contributed by atoms with Gasteiger partial charge in [-0.2, -0.15) is 0 Å². The van der Waals surface area contributed by atoms with E-state index in [2.05, 4.69) is 15.9 Å². The van der Waals surface area contributed by atoms with Crippen LogP contribution in [0.15, 0.2) is 47.4 Å². The predicted octanol–water partition coefficient (Wildman–Crippen LogP) is 5.70. The first-order valence-corrected chi connectivity index (χ1v) is 10.5. The first-order valence-electron chi connectivity index (χ1n) is 8.12. The number of alkyl halides is 1. The largest absolute Gasteiger partial charge is 0.494 e. The maximum Gasteiger partial charge on any atom is 0.244 e. The van der Waals surface area contributed by atoms with Gasteiger partial charge in [0.05, 0.1) is 12.3 Å². The average molecular weight is 441 g/mol. The van der Waals surface area contributed by atoms with Crippen LogP contribution in [0.25, 0.3) is 0 Å². The van der Waals surface area contributed by atoms with Crippen LogP contribution in [0.5, 0.6) is 5.75 Å². The molecule has 132 valence electrons. The lowest BCUT2D eigenvalue weighted by atomic mass is 10.1. The highest BCUT2D eigenvalue weighted by atomic mass is 79.9. The standard InChI is InChI=1S/C19H19BrClNO2S/c1-22-16-9-6-14(21)12-17(16)25-18(19(22)23)13-4-7-15(8-5-13)24-11-3-2-10-20/h4-9,12,18H,2-3,10-11H2,1H3. The summed E-state index contributed by atoms with van der Waals surface area (Å²) < 4.78 is 5.73. The quantitative estimate of drug-likeness (QED) is 0.426. The fourth-order valence-corrected chi connectivity index (χ4v) is 4.63. The van der Waals surface area contributed by atoms with Gasteiger partial charge in [0.2, 0.25) is 5.91 Å². The highest BCUT2D eigenvalue weighted by Crippen LogP contribution is 2.46. The number of thioether (sulfide) groups is 1. The first-order chi connectivity index (χ1) is 12.1. The molecule has 0 saturated carbocycles. The number of anilines is 1. The summed E-state index contributed by atoms with van der Waals surface area (Å²) >= 11 is 11.1. The maximum atomic E-state index is 12.7. The van der Waals surface area contributed by atoms with Crippen LogP contribution in [0.4, 0.5) is 5.69 Å². The Morgan fingerprint density at radius 2 is 1.96 bits per heavy atom. The third-order valence-electron chi connectivity index (χ3n) is 4.06. The maximum absolute atomic E-state index is 12.7. The van der Waals surface area contributed by atoms with E-state index in [-0.39, 0.29) is 11.2 Å². The van der Waals surface area contributed by atoms with E-state index in [9.17, 15) is 4.79 Å². The summed E-state index contributed by atoms with van der Waals surface area (Å²) in [6, 6.07) is 13.4. The molecule has 1 aliphatic rings. The van der Waals surface area contributed by atoms with E-state index >= 15 is 0 Å². The lowest BCUT2D eigenvalue weighted by Crippen LogP contribution is -2.33. The second-order valence-electron chi connectivity index (χ2n) is 5.82. The summed E-state index contributed by atoms with van der Waals surface area (Å²) in [5, 5.41) is 1.41. The number of nitrogens with zero attached hydrogens (tertiary/aromatic N) is 1. The lowest BCUT2D eigenvalue weighted by Gasteiger charge is -2.31. The van der Waals surface area contributed by atoms with Gasteiger partial charge in [-0.25, -0.2) is 0 Å². The summed E-state index contributed by atoms with van der Waals surface area (Å²) in [6.45, 7) is 0.705. The van der Waals surface area contributed by atoms with E-state index in [1.807, 2.05) is 49.5 Å². The fourth-order valence-electron chi connectivity index (χ4n) is 2.67. The summed E-state index contributed by atoms with van der Waals surface area (Å²) in [7, 11) is 1.81. The number of ether oxygens (including phenoxy) is 1. The normalized spacial score (nSPS) is 16.7. The Morgan fingerprint density at radius 3 is 2.68 bits per heavy atom. The van der Waals surface area contributed by atoms with E-state index < -0.39 is 0 Å². The molecule has 0 aromatic heterocycles. The molecule has 1 unspecified atom stereocenters. The molecule has 1 heterocycles. The van der Waals surface area contributed by atoms with Gasteiger partial charge < -0.3 is 9.64 Å². The molecular formula is C19H19BrClNO2S. The van der Waals surface area contributed by atoms with Crippen LogP contribution in [0.3, 0.4) is 0 Å². The molecule has 2 aromatic carbocycles. The third kappa shape index (κ3) is 4.33. The van der Waals surface area contributed by atoms with E-state index in [4.69, 9.17) is 16.3 Å². The van der Waals surface area contributed by atoms with Crippen molar-refractivity contribution >= 4 is 50.9 Å². The Bertz CT molecular complexity index is 754. The van der Waals surface area contributed by atoms with Crippen LogP contribution in [0, 0.1) is 0 Å². The van der Waals surface area contributed by atoms with Crippen LogP contribution < -0.4 is 9.64 Å². The molecule has 0 aliphatic carbocycles. The Morgan fingerprint density at radius 1 is 1.20 bits per heavy atom. The zero-order chi connectivity index (χ0) is 17.8. The predicted molar refractivity (Wildman–Crippen MR) is 108 cm³/mol. The highest BCUT2D eigenvalue weighted by Gasteiger charge is 2.32. The van der Waals surface area contributed by atoms with Gasteiger partial charge in [-0.15, -0.1) is 11.8 Å². The topological polar surface area (TPSA) is 29.5 Å². The number of fused-ring (bicyclic) bond motifs is 1. The van der Waals surface area contributed by atoms with Crippen molar-refractivity contribution in [2.75, 3.05) is 23.9 Å². The molecular weight excluding hydrogens is 422 g/mol. The number of rotatable bonds is 6. The Labute approximate surface area is 165 Å². The molecule has 1 aliphatic heterocycles. The number of carbonyl (C=O) groups excluding carboxylic acids is 1. The number of benzene rings is 2. The number of unbranched alkanes of at least 4 members (excludes halogenated alkanes) is 1.